The summed E-state index contributed by atoms with van der Waals surface area (Å²) in [6.07, 6.45) is 0. The predicted molar refractivity (Wildman–Crippen MR) is 66.4 cm³/mol. The molecule has 5 heteroatoms. The fourth-order valence-corrected chi connectivity index (χ4v) is 1.93. The lowest BCUT2D eigenvalue weighted by Gasteiger charge is -2.17. The molecule has 0 fully saturated rings. The number of nitrogens with two attached hydrogens (primary N) is 1. The fourth-order valence-electron chi connectivity index (χ4n) is 1.93. The summed E-state index contributed by atoms with van der Waals surface area (Å²) in [6.45, 7) is 7.92. The van der Waals surface area contributed by atoms with E-state index in [1.165, 1.54) is 0 Å². The van der Waals surface area contributed by atoms with E-state index in [0.29, 0.717) is 17.9 Å². The summed E-state index contributed by atoms with van der Waals surface area (Å²) in [7, 11) is 0. The van der Waals surface area contributed by atoms with Gasteiger partial charge in [-0.1, -0.05) is 0 Å². The molecule has 0 saturated heterocycles. The van der Waals surface area contributed by atoms with E-state index in [-0.39, 0.29) is 5.91 Å². The van der Waals surface area contributed by atoms with Crippen LogP contribution in [0.15, 0.2) is 0 Å². The minimum absolute atomic E-state index is 0.0956. The molecule has 1 rings (SSSR count). The van der Waals surface area contributed by atoms with Gasteiger partial charge in [0.25, 0.3) is 0 Å². The minimum atomic E-state index is -0.407. The molecule has 0 spiro atoms. The average molecular weight is 234 g/mol. The second-order valence-electron chi connectivity index (χ2n) is 4.02. The highest BCUT2D eigenvalue weighted by Gasteiger charge is 2.22. The number of anilines is 1. The highest BCUT2D eigenvalue weighted by Crippen LogP contribution is 2.27. The van der Waals surface area contributed by atoms with Crippen molar-refractivity contribution < 1.29 is 4.79 Å². The number of nitrogens with one attached hydrogen (secondary N) is 1. The molecule has 1 atom stereocenters. The van der Waals surface area contributed by atoms with E-state index in [9.17, 15) is 4.79 Å². The van der Waals surface area contributed by atoms with Crippen LogP contribution in [-0.4, -0.2) is 17.0 Å². The number of amides is 1. The van der Waals surface area contributed by atoms with Crippen LogP contribution in [0.5, 0.6) is 0 Å². The van der Waals surface area contributed by atoms with Gasteiger partial charge in [-0.3, -0.25) is 4.79 Å². The van der Waals surface area contributed by atoms with Crippen molar-refractivity contribution in [1.82, 2.24) is 9.88 Å². The first kappa shape index (κ1) is 13.1. The van der Waals surface area contributed by atoms with Crippen LogP contribution >= 0.6 is 0 Å². The largest absolute Gasteiger partial charge is 0.384 e. The Morgan fingerprint density at radius 2 is 2.18 bits per heavy atom. The van der Waals surface area contributed by atoms with E-state index in [1.54, 1.807) is 11.5 Å². The maximum Gasteiger partial charge on any atom is 0.242 e. The average Bonchev–Trinajstić information content (AvgIpc) is 2.50. The lowest BCUT2D eigenvalue weighted by atomic mass is 10.2. The van der Waals surface area contributed by atoms with Crippen LogP contribution in [-0.2, 0) is 4.79 Å². The molecule has 3 N–H and O–H groups in total. The van der Waals surface area contributed by atoms with Crippen LogP contribution in [0.1, 0.15) is 36.7 Å². The van der Waals surface area contributed by atoms with Crippen molar-refractivity contribution >= 4 is 11.7 Å². The molecule has 0 saturated carbocycles. The summed E-state index contributed by atoms with van der Waals surface area (Å²) >= 11 is 0. The smallest absolute Gasteiger partial charge is 0.242 e. The monoisotopic (exact) mass is 234 g/mol. The van der Waals surface area contributed by atoms with Gasteiger partial charge in [-0.15, -0.1) is 0 Å². The molecular weight excluding hydrogens is 216 g/mol. The van der Waals surface area contributed by atoms with Crippen molar-refractivity contribution in [2.45, 2.75) is 33.7 Å². The maximum atomic E-state index is 11.8. The van der Waals surface area contributed by atoms with Gasteiger partial charge in [-0.05, 0) is 33.3 Å². The summed E-state index contributed by atoms with van der Waals surface area (Å²) in [5.41, 5.74) is 8.06. The second-order valence-corrected chi connectivity index (χ2v) is 4.02. The zero-order valence-electron chi connectivity index (χ0n) is 10.7. The summed E-state index contributed by atoms with van der Waals surface area (Å²) in [4.78, 5) is 11.8. The zero-order valence-corrected chi connectivity index (χ0v) is 10.7. The second kappa shape index (κ2) is 4.91. The van der Waals surface area contributed by atoms with Gasteiger partial charge in [0.05, 0.1) is 5.56 Å². The van der Waals surface area contributed by atoms with Crippen molar-refractivity contribution in [3.63, 3.8) is 0 Å². The molecule has 0 bridgehead atoms. The maximum absolute atomic E-state index is 11.8. The number of aromatic nitrogens is 1. The van der Waals surface area contributed by atoms with Crippen LogP contribution in [0.3, 0.4) is 0 Å². The standard InChI is InChI=1S/C12H18N4O/c1-5-15-12(17)9(4)16-8(3)7(2)10(6-13)11(16)14/h9H,5,14H2,1-4H3,(H,15,17). The Bertz CT molecular complexity index is 482. The van der Waals surface area contributed by atoms with Gasteiger partial charge in [0.2, 0.25) is 5.91 Å². The predicted octanol–water partition coefficient (Wildman–Crippen LogP) is 1.26. The Labute approximate surface area is 101 Å². The molecule has 0 aliphatic rings. The van der Waals surface area contributed by atoms with Crippen molar-refractivity contribution in [2.75, 3.05) is 12.3 Å². The van der Waals surface area contributed by atoms with Crippen LogP contribution in [0, 0.1) is 25.2 Å². The van der Waals surface area contributed by atoms with E-state index in [2.05, 4.69) is 11.4 Å². The Kier molecular flexibility index (Phi) is 3.79. The van der Waals surface area contributed by atoms with Gasteiger partial charge in [-0.25, -0.2) is 0 Å². The van der Waals surface area contributed by atoms with Gasteiger partial charge in [-0.2, -0.15) is 5.26 Å². The van der Waals surface area contributed by atoms with Gasteiger partial charge >= 0.3 is 0 Å². The Balaban J connectivity index is 3.24. The molecule has 5 nitrogen and oxygen atoms in total. The third-order valence-corrected chi connectivity index (χ3v) is 3.02. The number of nitriles is 1. The minimum Gasteiger partial charge on any atom is -0.384 e. The van der Waals surface area contributed by atoms with Crippen LogP contribution in [0.25, 0.3) is 0 Å². The normalized spacial score (nSPS) is 11.9. The van der Waals surface area contributed by atoms with Crippen LogP contribution in [0.4, 0.5) is 5.82 Å². The van der Waals surface area contributed by atoms with E-state index in [1.807, 2.05) is 20.8 Å². The summed E-state index contributed by atoms with van der Waals surface area (Å²) < 4.78 is 1.71. The first-order valence-corrected chi connectivity index (χ1v) is 5.60. The SMILES string of the molecule is CCNC(=O)C(C)n1c(C)c(C)c(C#N)c1N. The van der Waals surface area contributed by atoms with Crippen molar-refractivity contribution in [1.29, 1.82) is 5.26 Å². The van der Waals surface area contributed by atoms with Crippen molar-refractivity contribution in [3.8, 4) is 6.07 Å². The quantitative estimate of drug-likeness (QED) is 0.825. The molecule has 0 aliphatic carbocycles. The molecule has 1 aromatic rings. The molecule has 0 aromatic carbocycles. The number of carbonyl (C=O) groups is 1. The highest BCUT2D eigenvalue weighted by molar-refractivity contribution is 5.81. The topological polar surface area (TPSA) is 83.8 Å². The molecule has 1 heterocycles. The Hall–Kier alpha value is -1.96. The molecule has 17 heavy (non-hydrogen) atoms. The van der Waals surface area contributed by atoms with E-state index >= 15 is 0 Å². The number of rotatable bonds is 3. The van der Waals surface area contributed by atoms with E-state index < -0.39 is 6.04 Å². The van der Waals surface area contributed by atoms with Crippen LogP contribution in [0.2, 0.25) is 0 Å². The lowest BCUT2D eigenvalue weighted by molar-refractivity contribution is -0.123. The van der Waals surface area contributed by atoms with E-state index in [4.69, 9.17) is 11.0 Å². The molecule has 1 amide bonds. The molecule has 92 valence electrons. The third-order valence-electron chi connectivity index (χ3n) is 3.02. The van der Waals surface area contributed by atoms with Crippen molar-refractivity contribution in [2.24, 2.45) is 0 Å². The molecule has 1 aromatic heterocycles. The van der Waals surface area contributed by atoms with Gasteiger partial charge in [0, 0.05) is 12.2 Å². The number of hydrogen-bond acceptors (Lipinski definition) is 3. The number of likely N-dealkylation sites (N-methyl/N-ethyl adjacent to an activating group) is 1. The summed E-state index contributed by atoms with van der Waals surface area (Å²) in [5.74, 6) is 0.267. The first-order valence-electron chi connectivity index (χ1n) is 5.60. The van der Waals surface area contributed by atoms with E-state index in [0.717, 1.165) is 11.3 Å². The summed E-state index contributed by atoms with van der Waals surface area (Å²) in [6, 6.07) is 1.67. The lowest BCUT2D eigenvalue weighted by Crippen LogP contribution is -2.31. The van der Waals surface area contributed by atoms with Crippen LogP contribution < -0.4 is 11.1 Å². The number of nitrogens with zero attached hydrogens (tertiary/aromatic N) is 2. The molecule has 1 unspecified atom stereocenters. The van der Waals surface area contributed by atoms with Crippen molar-refractivity contribution in [3.05, 3.63) is 16.8 Å². The number of nitrogen functional groups attached to an aromatic ring is 1. The Morgan fingerprint density at radius 3 is 2.59 bits per heavy atom. The number of carbonyl (C=O) groups excluding carboxylic acids is 1. The van der Waals surface area contributed by atoms with Gasteiger partial charge in [0.15, 0.2) is 0 Å². The summed E-state index contributed by atoms with van der Waals surface area (Å²) in [5, 5.41) is 11.8. The molecular formula is C12H18N4O. The fraction of sp³-hybridized carbons (Fsp3) is 0.500. The Morgan fingerprint density at radius 1 is 1.59 bits per heavy atom. The van der Waals surface area contributed by atoms with Gasteiger partial charge < -0.3 is 15.6 Å². The highest BCUT2D eigenvalue weighted by atomic mass is 16.2. The molecule has 0 radical (unpaired) electrons. The zero-order chi connectivity index (χ0) is 13.2. The first-order chi connectivity index (χ1) is 7.95. The molecule has 0 aliphatic heterocycles. The third kappa shape index (κ3) is 2.11. The van der Waals surface area contributed by atoms with Gasteiger partial charge in [0.1, 0.15) is 17.9 Å². The number of hydrogen-bond donors (Lipinski definition) is 2.